The van der Waals surface area contributed by atoms with Crippen molar-refractivity contribution in [1.82, 2.24) is 0 Å². The van der Waals surface area contributed by atoms with Crippen molar-refractivity contribution in [2.75, 3.05) is 11.5 Å². The van der Waals surface area contributed by atoms with Gasteiger partial charge in [-0.15, -0.1) is 0 Å². The van der Waals surface area contributed by atoms with Crippen molar-refractivity contribution >= 4 is 35.1 Å². The predicted molar refractivity (Wildman–Crippen MR) is 154 cm³/mol. The molecule has 8 rings (SSSR count). The number of nitro benzene ring substituents is 1. The van der Waals surface area contributed by atoms with Gasteiger partial charge in [-0.05, 0) is 65.6 Å². The van der Waals surface area contributed by atoms with E-state index in [0.717, 1.165) is 22.3 Å². The van der Waals surface area contributed by atoms with Crippen LogP contribution in [-0.4, -0.2) is 29.6 Å². The smallest absolute Gasteiger partial charge is 0.269 e. The average molecular weight is 544 g/mol. The van der Waals surface area contributed by atoms with Crippen molar-refractivity contribution in [3.05, 3.63) is 129 Å². The van der Waals surface area contributed by atoms with Crippen molar-refractivity contribution < 1.29 is 19.2 Å². The molecule has 0 spiro atoms. The first-order chi connectivity index (χ1) is 20.0. The number of carbonyl (C=O) groups is 2. The second kappa shape index (κ2) is 9.23. The summed E-state index contributed by atoms with van der Waals surface area (Å²) in [4.78, 5) is 45.5. The molecular formula is C33H25N3O5. The van der Waals surface area contributed by atoms with E-state index in [1.54, 1.807) is 42.6 Å². The summed E-state index contributed by atoms with van der Waals surface area (Å²) in [6.45, 7) is 2.41. The summed E-state index contributed by atoms with van der Waals surface area (Å²) in [5, 5.41) is 11.2. The lowest BCUT2D eigenvalue weighted by molar-refractivity contribution is -0.384. The predicted octanol–water partition coefficient (Wildman–Crippen LogP) is 5.95. The maximum Gasteiger partial charge on any atom is 0.269 e. The van der Waals surface area contributed by atoms with Gasteiger partial charge in [-0.3, -0.25) is 24.7 Å². The summed E-state index contributed by atoms with van der Waals surface area (Å²) in [6.07, 6.45) is 1.78. The molecule has 8 nitrogen and oxygen atoms in total. The zero-order chi connectivity index (χ0) is 28.3. The van der Waals surface area contributed by atoms with Crippen molar-refractivity contribution in [3.63, 3.8) is 0 Å². The van der Waals surface area contributed by atoms with Crippen LogP contribution in [-0.2, 0) is 15.0 Å². The summed E-state index contributed by atoms with van der Waals surface area (Å²) < 4.78 is 5.57. The Bertz CT molecular complexity index is 1700. The molecule has 0 saturated carbocycles. The Kier molecular flexibility index (Phi) is 5.61. The third kappa shape index (κ3) is 3.50. The normalized spacial score (nSPS) is 23.8. The molecule has 1 fully saturated rings. The molecule has 0 unspecified atom stereocenters. The van der Waals surface area contributed by atoms with Gasteiger partial charge in [-0.1, -0.05) is 48.5 Å². The summed E-state index contributed by atoms with van der Waals surface area (Å²) in [5.74, 6) is -1.43. The van der Waals surface area contributed by atoms with Crippen LogP contribution in [0.3, 0.4) is 0 Å². The van der Waals surface area contributed by atoms with E-state index in [1.165, 1.54) is 17.0 Å². The highest BCUT2D eigenvalue weighted by Crippen LogP contribution is 2.63. The molecule has 2 bridgehead atoms. The zero-order valence-electron chi connectivity index (χ0n) is 22.1. The van der Waals surface area contributed by atoms with Crippen molar-refractivity contribution in [2.45, 2.75) is 18.3 Å². The topological polar surface area (TPSA) is 102 Å². The van der Waals surface area contributed by atoms with Crippen molar-refractivity contribution in [1.29, 1.82) is 0 Å². The van der Waals surface area contributed by atoms with Crippen LogP contribution in [0.4, 0.5) is 17.1 Å². The van der Waals surface area contributed by atoms with Crippen LogP contribution in [0.2, 0.25) is 0 Å². The van der Waals surface area contributed by atoms with Crippen LogP contribution >= 0.6 is 0 Å². The van der Waals surface area contributed by atoms with Gasteiger partial charge in [0, 0.05) is 24.3 Å². The van der Waals surface area contributed by atoms with E-state index in [4.69, 9.17) is 9.73 Å². The van der Waals surface area contributed by atoms with Crippen LogP contribution in [0.5, 0.6) is 5.75 Å². The standard InChI is InChI=1S/C33H25N3O5/c1-2-41-23-17-15-21(16-18-23)35-31(37)29-28-24-7-3-5-9-26(24)33(30(29)32(35)38,27-10-6-4-8-25(27)28)19-34-20-11-13-22(14-12-20)36(39)40/h3-19,28-30H,2H2,1H3/t28?,29-,30-,33?/m1/s1. The van der Waals surface area contributed by atoms with Crippen LogP contribution in [0, 0.1) is 22.0 Å². The Balaban J connectivity index is 1.42. The van der Waals surface area contributed by atoms with Gasteiger partial charge in [0.2, 0.25) is 11.8 Å². The fourth-order valence-electron chi connectivity index (χ4n) is 7.00. The monoisotopic (exact) mass is 543 g/mol. The highest BCUT2D eigenvalue weighted by molar-refractivity contribution is 6.25. The van der Waals surface area contributed by atoms with Crippen molar-refractivity contribution in [2.24, 2.45) is 16.8 Å². The number of nitro groups is 1. The second-order valence-corrected chi connectivity index (χ2v) is 10.5. The number of nitrogens with zero attached hydrogens (tertiary/aromatic N) is 3. The third-order valence-corrected chi connectivity index (χ3v) is 8.57. The first kappa shape index (κ1) is 24.9. The van der Waals surface area contributed by atoms with E-state index >= 15 is 0 Å². The Hall–Kier alpha value is -5.11. The van der Waals surface area contributed by atoms with Gasteiger partial charge < -0.3 is 4.74 Å². The zero-order valence-corrected chi connectivity index (χ0v) is 22.1. The first-order valence-electron chi connectivity index (χ1n) is 13.5. The molecule has 0 radical (unpaired) electrons. The Labute approximate surface area is 236 Å². The lowest BCUT2D eigenvalue weighted by atomic mass is 9.47. The minimum atomic E-state index is -1.01. The number of non-ortho nitro benzene ring substituents is 1. The number of ether oxygens (including phenoxy) is 1. The van der Waals surface area contributed by atoms with E-state index in [2.05, 4.69) is 0 Å². The third-order valence-electron chi connectivity index (χ3n) is 8.57. The molecule has 1 heterocycles. The van der Waals surface area contributed by atoms with E-state index in [1.807, 2.05) is 55.5 Å². The van der Waals surface area contributed by atoms with Gasteiger partial charge in [0.05, 0.1) is 40.2 Å². The lowest BCUT2D eigenvalue weighted by Gasteiger charge is -2.52. The molecule has 8 heteroatoms. The Morgan fingerprint density at radius 2 is 1.49 bits per heavy atom. The maximum absolute atomic E-state index is 14.4. The SMILES string of the molecule is CCOc1ccc(N2C(=O)[C@@H]3C4c5ccccc5C(C=Nc5ccc([N+](=O)[O-])cc5)(c5ccccc54)[C@H]3C2=O)cc1. The molecule has 41 heavy (non-hydrogen) atoms. The molecule has 2 atom stereocenters. The molecule has 4 aromatic carbocycles. The van der Waals surface area contributed by atoms with E-state index in [9.17, 15) is 19.7 Å². The average Bonchev–Trinajstić information content (AvgIpc) is 3.27. The first-order valence-corrected chi connectivity index (χ1v) is 13.5. The summed E-state index contributed by atoms with van der Waals surface area (Å²) in [7, 11) is 0. The highest BCUT2D eigenvalue weighted by atomic mass is 16.6. The molecule has 4 aliphatic rings. The molecule has 3 aliphatic carbocycles. The minimum Gasteiger partial charge on any atom is -0.494 e. The summed E-state index contributed by atoms with van der Waals surface area (Å²) in [5.41, 5.74) is 3.90. The summed E-state index contributed by atoms with van der Waals surface area (Å²) in [6, 6.07) is 29.0. The van der Waals surface area contributed by atoms with E-state index in [-0.39, 0.29) is 23.4 Å². The van der Waals surface area contributed by atoms with Gasteiger partial charge in [-0.2, -0.15) is 0 Å². The fourth-order valence-corrected chi connectivity index (χ4v) is 7.00. The number of benzene rings is 4. The Morgan fingerprint density at radius 1 is 0.878 bits per heavy atom. The number of hydrogen-bond donors (Lipinski definition) is 0. The Morgan fingerprint density at radius 3 is 2.07 bits per heavy atom. The van der Waals surface area contributed by atoms with Crippen LogP contribution < -0.4 is 9.64 Å². The van der Waals surface area contributed by atoms with Gasteiger partial charge in [-0.25, -0.2) is 4.90 Å². The van der Waals surface area contributed by atoms with Crippen LogP contribution in [0.15, 0.2) is 102 Å². The minimum absolute atomic E-state index is 0.0291. The molecule has 1 saturated heterocycles. The number of carbonyl (C=O) groups excluding carboxylic acids is 2. The second-order valence-electron chi connectivity index (χ2n) is 10.5. The van der Waals surface area contributed by atoms with Gasteiger partial charge in [0.1, 0.15) is 5.75 Å². The number of aliphatic imine (C=N–C) groups is 1. The van der Waals surface area contributed by atoms with Crippen molar-refractivity contribution in [3.8, 4) is 5.75 Å². The largest absolute Gasteiger partial charge is 0.494 e. The molecule has 0 aromatic heterocycles. The molecular weight excluding hydrogens is 518 g/mol. The highest BCUT2D eigenvalue weighted by Gasteiger charge is 2.67. The molecule has 0 N–H and O–H groups in total. The number of imide groups is 1. The molecule has 4 aromatic rings. The maximum atomic E-state index is 14.4. The molecule has 2 amide bonds. The molecule has 1 aliphatic heterocycles. The fraction of sp³-hybridized carbons (Fsp3) is 0.182. The number of rotatable bonds is 6. The van der Waals surface area contributed by atoms with E-state index < -0.39 is 22.2 Å². The van der Waals surface area contributed by atoms with Crippen LogP contribution in [0.1, 0.15) is 35.1 Å². The number of amides is 2. The number of anilines is 1. The number of hydrogen-bond acceptors (Lipinski definition) is 6. The summed E-state index contributed by atoms with van der Waals surface area (Å²) >= 11 is 0. The van der Waals surface area contributed by atoms with Gasteiger partial charge in [0.25, 0.3) is 5.69 Å². The van der Waals surface area contributed by atoms with Gasteiger partial charge >= 0.3 is 0 Å². The lowest BCUT2D eigenvalue weighted by Crippen LogP contribution is -2.54. The van der Waals surface area contributed by atoms with Crippen LogP contribution in [0.25, 0.3) is 0 Å². The van der Waals surface area contributed by atoms with E-state index in [0.29, 0.717) is 23.7 Å². The quantitative estimate of drug-likeness (QED) is 0.130. The molecule has 202 valence electrons. The van der Waals surface area contributed by atoms with Gasteiger partial charge in [0.15, 0.2) is 0 Å².